The maximum Gasteiger partial charge on any atom is 0.133 e. The zero-order chi connectivity index (χ0) is 12.3. The van der Waals surface area contributed by atoms with Crippen LogP contribution < -0.4 is 4.74 Å². The van der Waals surface area contributed by atoms with Crippen LogP contribution in [0.2, 0.25) is 5.15 Å². The molecule has 4 heteroatoms. The summed E-state index contributed by atoms with van der Waals surface area (Å²) < 4.78 is 5.30. The van der Waals surface area contributed by atoms with Crippen LogP contribution in [0.5, 0.6) is 5.75 Å². The minimum atomic E-state index is 0.474. The Morgan fingerprint density at radius 3 is 2.71 bits per heavy atom. The van der Waals surface area contributed by atoms with Gasteiger partial charge < -0.3 is 4.74 Å². The number of halogens is 1. The van der Waals surface area contributed by atoms with Crippen molar-refractivity contribution < 1.29 is 4.74 Å². The summed E-state index contributed by atoms with van der Waals surface area (Å²) in [5, 5.41) is 0.474. The van der Waals surface area contributed by atoms with Crippen molar-refractivity contribution in [2.75, 3.05) is 7.11 Å². The highest BCUT2D eigenvalue weighted by Crippen LogP contribution is 2.21. The van der Waals surface area contributed by atoms with E-state index in [1.54, 1.807) is 13.2 Å². The first kappa shape index (κ1) is 11.9. The van der Waals surface area contributed by atoms with Crippen LogP contribution in [0, 0.1) is 6.92 Å². The molecule has 1 aromatic heterocycles. The fourth-order valence-electron chi connectivity index (χ4n) is 1.72. The van der Waals surface area contributed by atoms with Crippen LogP contribution in [0.15, 0.2) is 30.3 Å². The number of hydrogen-bond donors (Lipinski definition) is 0. The quantitative estimate of drug-likeness (QED) is 0.783. The Kier molecular flexibility index (Phi) is 3.59. The lowest BCUT2D eigenvalue weighted by Gasteiger charge is -2.08. The number of nitrogens with zero attached hydrogens (tertiary/aromatic N) is 2. The molecule has 0 atom stereocenters. The van der Waals surface area contributed by atoms with Crippen LogP contribution in [0.3, 0.4) is 0 Å². The van der Waals surface area contributed by atoms with E-state index in [4.69, 9.17) is 16.3 Å². The lowest BCUT2D eigenvalue weighted by atomic mass is 10.1. The van der Waals surface area contributed by atoms with Crippen molar-refractivity contribution >= 4 is 11.6 Å². The molecule has 0 saturated carbocycles. The van der Waals surface area contributed by atoms with Gasteiger partial charge in [0.15, 0.2) is 0 Å². The maximum absolute atomic E-state index is 5.91. The molecule has 0 radical (unpaired) electrons. The SMILES string of the molecule is COc1ccccc1Cc1cc(Cl)nc(C)n1. The summed E-state index contributed by atoms with van der Waals surface area (Å²) in [7, 11) is 1.66. The van der Waals surface area contributed by atoms with E-state index >= 15 is 0 Å². The fourth-order valence-corrected chi connectivity index (χ4v) is 1.97. The Balaban J connectivity index is 2.31. The molecule has 17 heavy (non-hydrogen) atoms. The zero-order valence-corrected chi connectivity index (χ0v) is 10.5. The molecule has 1 aromatic carbocycles. The first-order valence-electron chi connectivity index (χ1n) is 5.31. The molecule has 0 fully saturated rings. The topological polar surface area (TPSA) is 35.0 Å². The molecule has 0 aliphatic rings. The highest BCUT2D eigenvalue weighted by molar-refractivity contribution is 6.29. The van der Waals surface area contributed by atoms with Crippen LogP contribution in [0.25, 0.3) is 0 Å². The van der Waals surface area contributed by atoms with Crippen molar-refractivity contribution in [3.05, 3.63) is 52.6 Å². The third kappa shape index (κ3) is 2.94. The summed E-state index contributed by atoms with van der Waals surface area (Å²) in [6.45, 7) is 1.83. The molecule has 0 unspecified atom stereocenters. The highest BCUT2D eigenvalue weighted by atomic mass is 35.5. The van der Waals surface area contributed by atoms with Gasteiger partial charge in [-0.3, -0.25) is 0 Å². The Morgan fingerprint density at radius 2 is 2.00 bits per heavy atom. The number of para-hydroxylation sites is 1. The minimum absolute atomic E-state index is 0.474. The van der Waals surface area contributed by atoms with Gasteiger partial charge >= 0.3 is 0 Å². The van der Waals surface area contributed by atoms with E-state index in [9.17, 15) is 0 Å². The Morgan fingerprint density at radius 1 is 1.24 bits per heavy atom. The number of rotatable bonds is 3. The molecule has 0 aliphatic carbocycles. The predicted molar refractivity (Wildman–Crippen MR) is 67.6 cm³/mol. The number of hydrogen-bond acceptors (Lipinski definition) is 3. The van der Waals surface area contributed by atoms with Crippen LogP contribution in [-0.4, -0.2) is 17.1 Å². The minimum Gasteiger partial charge on any atom is -0.496 e. The van der Waals surface area contributed by atoms with Crippen LogP contribution in [0.1, 0.15) is 17.1 Å². The van der Waals surface area contributed by atoms with E-state index in [1.807, 2.05) is 31.2 Å². The van der Waals surface area contributed by atoms with Crippen molar-refractivity contribution in [2.24, 2.45) is 0 Å². The van der Waals surface area contributed by atoms with Crippen LogP contribution in [0.4, 0.5) is 0 Å². The summed E-state index contributed by atoms with van der Waals surface area (Å²) in [5.74, 6) is 1.54. The van der Waals surface area contributed by atoms with E-state index in [2.05, 4.69) is 9.97 Å². The number of benzene rings is 1. The first-order valence-corrected chi connectivity index (χ1v) is 5.69. The predicted octanol–water partition coefficient (Wildman–Crippen LogP) is 3.04. The van der Waals surface area contributed by atoms with Crippen molar-refractivity contribution in [3.8, 4) is 5.75 Å². The van der Waals surface area contributed by atoms with Crippen molar-refractivity contribution in [1.82, 2.24) is 9.97 Å². The molecular weight excluding hydrogens is 236 g/mol. The molecule has 88 valence electrons. The average molecular weight is 249 g/mol. The van der Waals surface area contributed by atoms with E-state index < -0.39 is 0 Å². The second-order valence-electron chi connectivity index (χ2n) is 3.72. The Bertz CT molecular complexity index is 508. The Hall–Kier alpha value is -1.61. The summed E-state index contributed by atoms with van der Waals surface area (Å²) in [5.41, 5.74) is 1.98. The molecule has 1 heterocycles. The molecule has 0 N–H and O–H groups in total. The van der Waals surface area contributed by atoms with Crippen molar-refractivity contribution in [1.29, 1.82) is 0 Å². The molecule has 0 saturated heterocycles. The standard InChI is InChI=1S/C13H13ClN2O/c1-9-15-11(8-13(14)16-9)7-10-5-3-4-6-12(10)17-2/h3-6,8H,7H2,1-2H3. The Labute approximate surface area is 105 Å². The monoisotopic (exact) mass is 248 g/mol. The first-order chi connectivity index (χ1) is 8.19. The third-order valence-electron chi connectivity index (χ3n) is 2.42. The van der Waals surface area contributed by atoms with E-state index in [-0.39, 0.29) is 0 Å². The molecule has 0 aliphatic heterocycles. The van der Waals surface area contributed by atoms with Gasteiger partial charge in [0.2, 0.25) is 0 Å². The largest absolute Gasteiger partial charge is 0.496 e. The summed E-state index contributed by atoms with van der Waals surface area (Å²) in [6, 6.07) is 9.66. The molecule has 0 bridgehead atoms. The van der Waals surface area contributed by atoms with Gasteiger partial charge in [0.05, 0.1) is 12.8 Å². The average Bonchev–Trinajstić information content (AvgIpc) is 2.28. The van der Waals surface area contributed by atoms with E-state index in [0.717, 1.165) is 17.0 Å². The van der Waals surface area contributed by atoms with Gasteiger partial charge in [-0.05, 0) is 19.1 Å². The number of ether oxygens (including phenoxy) is 1. The molecular formula is C13H13ClN2O. The number of aryl methyl sites for hydroxylation is 1. The molecule has 2 rings (SSSR count). The second-order valence-corrected chi connectivity index (χ2v) is 4.11. The van der Waals surface area contributed by atoms with Crippen LogP contribution >= 0.6 is 11.6 Å². The van der Waals surface area contributed by atoms with Crippen molar-refractivity contribution in [3.63, 3.8) is 0 Å². The van der Waals surface area contributed by atoms with Gasteiger partial charge in [-0.2, -0.15) is 0 Å². The molecule has 2 aromatic rings. The maximum atomic E-state index is 5.91. The highest BCUT2D eigenvalue weighted by Gasteiger charge is 2.06. The van der Waals surface area contributed by atoms with Gasteiger partial charge in [-0.1, -0.05) is 29.8 Å². The van der Waals surface area contributed by atoms with Crippen molar-refractivity contribution in [2.45, 2.75) is 13.3 Å². The van der Waals surface area contributed by atoms with E-state index in [0.29, 0.717) is 17.4 Å². The summed E-state index contributed by atoms with van der Waals surface area (Å²) in [4.78, 5) is 8.40. The fraction of sp³-hybridized carbons (Fsp3) is 0.231. The smallest absolute Gasteiger partial charge is 0.133 e. The molecule has 0 amide bonds. The van der Waals surface area contributed by atoms with Crippen LogP contribution in [-0.2, 0) is 6.42 Å². The number of aromatic nitrogens is 2. The lowest BCUT2D eigenvalue weighted by Crippen LogP contribution is -1.99. The lowest BCUT2D eigenvalue weighted by molar-refractivity contribution is 0.410. The molecule has 0 spiro atoms. The number of methoxy groups -OCH3 is 1. The van der Waals surface area contributed by atoms with Gasteiger partial charge in [-0.15, -0.1) is 0 Å². The normalized spacial score (nSPS) is 10.3. The molecule has 3 nitrogen and oxygen atoms in total. The van der Waals surface area contributed by atoms with Gasteiger partial charge in [0.25, 0.3) is 0 Å². The third-order valence-corrected chi connectivity index (χ3v) is 2.62. The van der Waals surface area contributed by atoms with Gasteiger partial charge in [0.1, 0.15) is 16.7 Å². The summed E-state index contributed by atoms with van der Waals surface area (Å²) >= 11 is 5.91. The summed E-state index contributed by atoms with van der Waals surface area (Å²) in [6.07, 6.45) is 0.688. The second kappa shape index (κ2) is 5.15. The van der Waals surface area contributed by atoms with Gasteiger partial charge in [-0.25, -0.2) is 9.97 Å². The zero-order valence-electron chi connectivity index (χ0n) is 9.77. The van der Waals surface area contributed by atoms with Gasteiger partial charge in [0, 0.05) is 12.0 Å². The van der Waals surface area contributed by atoms with E-state index in [1.165, 1.54) is 0 Å².